The molecule has 1 unspecified atom stereocenters. The van der Waals surface area contributed by atoms with Crippen molar-refractivity contribution in [2.24, 2.45) is 11.7 Å². The molecule has 0 aliphatic heterocycles. The summed E-state index contributed by atoms with van der Waals surface area (Å²) >= 11 is 0. The minimum absolute atomic E-state index is 0.180. The lowest BCUT2D eigenvalue weighted by Gasteiger charge is -2.09. The number of alkyl halides is 3. The van der Waals surface area contributed by atoms with E-state index in [0.29, 0.717) is 11.3 Å². The maximum absolute atomic E-state index is 12.4. The first-order valence-electron chi connectivity index (χ1n) is 6.33. The first-order valence-corrected chi connectivity index (χ1v) is 6.33. The topological polar surface area (TPSA) is 94.0 Å². The van der Waals surface area contributed by atoms with Gasteiger partial charge < -0.3 is 15.6 Å². The quantitative estimate of drug-likeness (QED) is 0.903. The van der Waals surface area contributed by atoms with Crippen molar-refractivity contribution in [2.75, 3.05) is 11.9 Å². The fraction of sp³-hybridized carbons (Fsp3) is 0.308. The van der Waals surface area contributed by atoms with Crippen molar-refractivity contribution in [1.29, 1.82) is 0 Å². The predicted octanol–water partition coefficient (Wildman–Crippen LogP) is 2.29. The molecule has 118 valence electrons. The smallest absolute Gasteiger partial charge is 0.330 e. The summed E-state index contributed by atoms with van der Waals surface area (Å²) < 4.78 is 41.3. The highest BCUT2D eigenvalue weighted by Crippen LogP contribution is 2.29. The highest BCUT2D eigenvalue weighted by molar-refractivity contribution is 5.92. The van der Waals surface area contributed by atoms with Gasteiger partial charge in [0.2, 0.25) is 11.7 Å². The molecule has 0 aliphatic rings. The Hall–Kier alpha value is -2.42. The molecule has 1 aromatic heterocycles. The van der Waals surface area contributed by atoms with Crippen LogP contribution in [-0.4, -0.2) is 22.6 Å². The molecular formula is C13H13F3N4O2. The standard InChI is InChI=1S/C13H13F3N4O2/c1-7(6-17)11(21)18-9-4-2-8(3-5-9)10-19-12(22-20-10)13(14,15)16/h2-5,7H,6,17H2,1H3,(H,18,21). The van der Waals surface area contributed by atoms with Gasteiger partial charge in [-0.05, 0) is 24.3 Å². The zero-order chi connectivity index (χ0) is 16.3. The van der Waals surface area contributed by atoms with Gasteiger partial charge in [-0.1, -0.05) is 12.1 Å². The van der Waals surface area contributed by atoms with Crippen LogP contribution in [0.4, 0.5) is 18.9 Å². The first kappa shape index (κ1) is 16.0. The average Bonchev–Trinajstić information content (AvgIpc) is 2.97. The van der Waals surface area contributed by atoms with Gasteiger partial charge in [0, 0.05) is 23.7 Å². The summed E-state index contributed by atoms with van der Waals surface area (Å²) in [5.74, 6) is -2.17. The molecule has 1 amide bonds. The minimum atomic E-state index is -4.68. The molecule has 0 aliphatic carbocycles. The molecule has 0 saturated carbocycles. The summed E-state index contributed by atoms with van der Waals surface area (Å²) in [6.45, 7) is 1.90. The van der Waals surface area contributed by atoms with Crippen molar-refractivity contribution < 1.29 is 22.5 Å². The zero-order valence-corrected chi connectivity index (χ0v) is 11.5. The molecular weight excluding hydrogens is 301 g/mol. The lowest BCUT2D eigenvalue weighted by atomic mass is 10.1. The highest BCUT2D eigenvalue weighted by Gasteiger charge is 2.38. The summed E-state index contributed by atoms with van der Waals surface area (Å²) in [7, 11) is 0. The Morgan fingerprint density at radius 3 is 2.50 bits per heavy atom. The van der Waals surface area contributed by atoms with E-state index in [9.17, 15) is 18.0 Å². The second-order valence-electron chi connectivity index (χ2n) is 4.62. The van der Waals surface area contributed by atoms with E-state index in [-0.39, 0.29) is 24.2 Å². The second kappa shape index (κ2) is 6.14. The molecule has 0 fully saturated rings. The van der Waals surface area contributed by atoms with E-state index in [2.05, 4.69) is 20.0 Å². The average molecular weight is 314 g/mol. The van der Waals surface area contributed by atoms with Crippen LogP contribution in [0.25, 0.3) is 11.4 Å². The van der Waals surface area contributed by atoms with Crippen LogP contribution in [0.1, 0.15) is 12.8 Å². The molecule has 1 aromatic carbocycles. The van der Waals surface area contributed by atoms with Gasteiger partial charge in [0.1, 0.15) is 0 Å². The number of carbonyl (C=O) groups is 1. The molecule has 9 heteroatoms. The van der Waals surface area contributed by atoms with Crippen LogP contribution >= 0.6 is 0 Å². The molecule has 2 rings (SSSR count). The van der Waals surface area contributed by atoms with Crippen molar-refractivity contribution >= 4 is 11.6 Å². The Bertz CT molecular complexity index is 652. The summed E-state index contributed by atoms with van der Waals surface area (Å²) in [5.41, 5.74) is 6.22. The zero-order valence-electron chi connectivity index (χ0n) is 11.5. The lowest BCUT2D eigenvalue weighted by molar-refractivity contribution is -0.159. The van der Waals surface area contributed by atoms with Crippen molar-refractivity contribution in [3.8, 4) is 11.4 Å². The third-order valence-electron chi connectivity index (χ3n) is 2.88. The Balaban J connectivity index is 2.12. The molecule has 22 heavy (non-hydrogen) atoms. The monoisotopic (exact) mass is 314 g/mol. The van der Waals surface area contributed by atoms with E-state index < -0.39 is 12.1 Å². The summed E-state index contributed by atoms with van der Waals surface area (Å²) in [6, 6.07) is 6.02. The number of aromatic nitrogens is 2. The lowest BCUT2D eigenvalue weighted by Crippen LogP contribution is -2.26. The van der Waals surface area contributed by atoms with Crippen molar-refractivity contribution in [3.63, 3.8) is 0 Å². The number of nitrogens with zero attached hydrogens (tertiary/aromatic N) is 2. The Morgan fingerprint density at radius 2 is 2.00 bits per heavy atom. The number of nitrogens with two attached hydrogens (primary N) is 1. The van der Waals surface area contributed by atoms with Crippen LogP contribution in [0.15, 0.2) is 28.8 Å². The van der Waals surface area contributed by atoms with Gasteiger partial charge in [-0.25, -0.2) is 0 Å². The summed E-state index contributed by atoms with van der Waals surface area (Å²) in [6.07, 6.45) is -4.68. The number of benzene rings is 1. The first-order chi connectivity index (χ1) is 10.3. The van der Waals surface area contributed by atoms with E-state index in [1.807, 2.05) is 0 Å². The van der Waals surface area contributed by atoms with Crippen LogP contribution in [0.3, 0.4) is 0 Å². The van der Waals surface area contributed by atoms with Gasteiger partial charge >= 0.3 is 12.1 Å². The molecule has 1 heterocycles. The Kier molecular flexibility index (Phi) is 4.45. The molecule has 0 bridgehead atoms. The van der Waals surface area contributed by atoms with E-state index >= 15 is 0 Å². The minimum Gasteiger partial charge on any atom is -0.330 e. The van der Waals surface area contributed by atoms with Gasteiger partial charge in [-0.15, -0.1) is 0 Å². The van der Waals surface area contributed by atoms with E-state index in [1.54, 1.807) is 6.92 Å². The molecule has 3 N–H and O–H groups in total. The van der Waals surface area contributed by atoms with Gasteiger partial charge in [0.05, 0.1) is 0 Å². The number of nitrogens with one attached hydrogen (secondary N) is 1. The number of carbonyl (C=O) groups excluding carboxylic acids is 1. The van der Waals surface area contributed by atoms with Crippen LogP contribution in [0, 0.1) is 5.92 Å². The normalized spacial score (nSPS) is 13.0. The molecule has 2 aromatic rings. The maximum atomic E-state index is 12.4. The molecule has 0 saturated heterocycles. The maximum Gasteiger partial charge on any atom is 0.471 e. The van der Waals surface area contributed by atoms with E-state index in [4.69, 9.17) is 5.73 Å². The van der Waals surface area contributed by atoms with Crippen molar-refractivity contribution in [1.82, 2.24) is 10.1 Å². The van der Waals surface area contributed by atoms with Gasteiger partial charge in [-0.2, -0.15) is 18.2 Å². The third-order valence-corrected chi connectivity index (χ3v) is 2.88. The predicted molar refractivity (Wildman–Crippen MR) is 71.6 cm³/mol. The highest BCUT2D eigenvalue weighted by atomic mass is 19.4. The summed E-state index contributed by atoms with van der Waals surface area (Å²) in [4.78, 5) is 14.9. The van der Waals surface area contributed by atoms with Crippen LogP contribution in [-0.2, 0) is 11.0 Å². The number of amides is 1. The number of hydrogen-bond acceptors (Lipinski definition) is 5. The summed E-state index contributed by atoms with van der Waals surface area (Å²) in [5, 5.41) is 5.91. The van der Waals surface area contributed by atoms with Gasteiger partial charge in [0.15, 0.2) is 0 Å². The fourth-order valence-corrected chi connectivity index (χ4v) is 1.53. The van der Waals surface area contributed by atoms with Crippen molar-refractivity contribution in [3.05, 3.63) is 30.2 Å². The largest absolute Gasteiger partial charge is 0.471 e. The second-order valence-corrected chi connectivity index (χ2v) is 4.62. The Morgan fingerprint density at radius 1 is 1.36 bits per heavy atom. The Labute approximate surface area is 123 Å². The fourth-order valence-electron chi connectivity index (χ4n) is 1.53. The number of anilines is 1. The van der Waals surface area contributed by atoms with Gasteiger partial charge in [0.25, 0.3) is 0 Å². The number of halogens is 3. The van der Waals surface area contributed by atoms with Crippen molar-refractivity contribution in [2.45, 2.75) is 13.1 Å². The SMILES string of the molecule is CC(CN)C(=O)Nc1ccc(-c2noc(C(F)(F)F)n2)cc1. The third kappa shape index (κ3) is 3.61. The molecule has 0 radical (unpaired) electrons. The van der Waals surface area contributed by atoms with Crippen LogP contribution in [0.5, 0.6) is 0 Å². The van der Waals surface area contributed by atoms with Crippen LogP contribution in [0.2, 0.25) is 0 Å². The van der Waals surface area contributed by atoms with E-state index in [1.165, 1.54) is 24.3 Å². The molecule has 6 nitrogen and oxygen atoms in total. The molecule has 1 atom stereocenters. The number of rotatable bonds is 4. The number of hydrogen-bond donors (Lipinski definition) is 2. The van der Waals surface area contributed by atoms with E-state index in [0.717, 1.165) is 0 Å². The van der Waals surface area contributed by atoms with Gasteiger partial charge in [-0.3, -0.25) is 4.79 Å². The van der Waals surface area contributed by atoms with Crippen LogP contribution < -0.4 is 11.1 Å². The molecule has 0 spiro atoms.